The first-order valence-corrected chi connectivity index (χ1v) is 12.1. The Bertz CT molecular complexity index is 1010. The predicted molar refractivity (Wildman–Crippen MR) is 128 cm³/mol. The number of halogens is 4. The van der Waals surface area contributed by atoms with Crippen molar-refractivity contribution in [1.82, 2.24) is 15.3 Å². The van der Waals surface area contributed by atoms with Crippen LogP contribution in [-0.4, -0.2) is 34.7 Å². The largest absolute Gasteiger partial charge is 0.433 e. The zero-order chi connectivity index (χ0) is 24.3. The summed E-state index contributed by atoms with van der Waals surface area (Å²) in [6, 6.07) is 7.49. The number of alkyl halides is 3. The fourth-order valence-corrected chi connectivity index (χ4v) is 5.18. The first kappa shape index (κ1) is 24.6. The fourth-order valence-electron chi connectivity index (χ4n) is 5.01. The molecular weight excluding hydrogens is 466 g/mol. The number of rotatable bonds is 5. The van der Waals surface area contributed by atoms with Crippen molar-refractivity contribution in [2.75, 3.05) is 29.9 Å². The summed E-state index contributed by atoms with van der Waals surface area (Å²) in [5, 5.41) is 6.06. The van der Waals surface area contributed by atoms with Crippen LogP contribution in [0.1, 0.15) is 56.7 Å². The number of nitrogens with one attached hydrogen (secondary N) is 2. The van der Waals surface area contributed by atoms with Gasteiger partial charge in [0.2, 0.25) is 5.95 Å². The van der Waals surface area contributed by atoms with Crippen LogP contribution in [0.15, 0.2) is 30.3 Å². The summed E-state index contributed by atoms with van der Waals surface area (Å²) in [6.07, 6.45) is 1.29. The lowest BCUT2D eigenvalue weighted by atomic mass is 9.79. The number of benzene rings is 1. The van der Waals surface area contributed by atoms with Gasteiger partial charge in [0.1, 0.15) is 11.6 Å². The fraction of sp³-hybridized carbons (Fsp3) is 0.542. The average Bonchev–Trinajstić information content (AvgIpc) is 3.27. The van der Waals surface area contributed by atoms with Gasteiger partial charge < -0.3 is 15.5 Å². The van der Waals surface area contributed by atoms with Crippen LogP contribution in [0.25, 0.3) is 0 Å². The lowest BCUT2D eigenvalue weighted by Gasteiger charge is -2.32. The highest BCUT2D eigenvalue weighted by Gasteiger charge is 2.36. The van der Waals surface area contributed by atoms with E-state index < -0.39 is 11.9 Å². The van der Waals surface area contributed by atoms with Crippen LogP contribution in [0, 0.1) is 11.7 Å². The molecular formula is C24H29F4N5S. The lowest BCUT2D eigenvalue weighted by molar-refractivity contribution is -0.141. The van der Waals surface area contributed by atoms with Crippen LogP contribution in [0.4, 0.5) is 29.3 Å². The second-order valence-electron chi connectivity index (χ2n) is 9.43. The van der Waals surface area contributed by atoms with Gasteiger partial charge in [-0.25, -0.2) is 9.37 Å². The number of anilines is 2. The molecule has 1 aromatic heterocycles. The van der Waals surface area contributed by atoms with Gasteiger partial charge in [-0.1, -0.05) is 31.9 Å². The Labute approximate surface area is 202 Å². The van der Waals surface area contributed by atoms with Crippen LogP contribution in [0.3, 0.4) is 0 Å². The molecule has 4 rings (SSSR count). The first-order chi connectivity index (χ1) is 16.1. The summed E-state index contributed by atoms with van der Waals surface area (Å²) in [7, 11) is 0. The number of hydrogen-bond donors (Lipinski definition) is 2. The summed E-state index contributed by atoms with van der Waals surface area (Å²) in [5.74, 6) is 0.162. The summed E-state index contributed by atoms with van der Waals surface area (Å²) in [6.45, 7) is 3.87. The first-order valence-electron chi connectivity index (χ1n) is 11.7. The van der Waals surface area contributed by atoms with E-state index in [-0.39, 0.29) is 28.1 Å². The quantitative estimate of drug-likeness (QED) is 0.412. The average molecular weight is 496 g/mol. The molecule has 34 heavy (non-hydrogen) atoms. The van der Waals surface area contributed by atoms with Gasteiger partial charge in [0.25, 0.3) is 0 Å². The summed E-state index contributed by atoms with van der Waals surface area (Å²) < 4.78 is 54.0. The molecule has 1 aliphatic heterocycles. The van der Waals surface area contributed by atoms with Crippen molar-refractivity contribution in [3.63, 3.8) is 0 Å². The van der Waals surface area contributed by atoms with Crippen LogP contribution in [0.5, 0.6) is 0 Å². The molecule has 2 aliphatic rings. The molecule has 1 saturated carbocycles. The van der Waals surface area contributed by atoms with Gasteiger partial charge in [0.15, 0.2) is 10.8 Å². The van der Waals surface area contributed by atoms with E-state index in [1.807, 2.05) is 4.90 Å². The van der Waals surface area contributed by atoms with Gasteiger partial charge in [-0.3, -0.25) is 0 Å². The monoisotopic (exact) mass is 495 g/mol. The molecule has 2 fully saturated rings. The number of aromatic nitrogens is 2. The third-order valence-corrected chi connectivity index (χ3v) is 7.06. The summed E-state index contributed by atoms with van der Waals surface area (Å²) in [5.41, 5.74) is -0.179. The maximum absolute atomic E-state index is 13.5. The van der Waals surface area contributed by atoms with Crippen molar-refractivity contribution in [3.05, 3.63) is 47.4 Å². The van der Waals surface area contributed by atoms with Crippen LogP contribution in [0.2, 0.25) is 0 Å². The molecule has 2 N–H and O–H groups in total. The van der Waals surface area contributed by atoms with E-state index in [2.05, 4.69) is 27.5 Å². The number of hydrogen-bond acceptors (Lipinski definition) is 4. The molecule has 10 heteroatoms. The Balaban J connectivity index is 1.49. The van der Waals surface area contributed by atoms with Crippen molar-refractivity contribution in [2.45, 2.75) is 57.0 Å². The molecule has 184 valence electrons. The number of piperidine rings is 1. The summed E-state index contributed by atoms with van der Waals surface area (Å²) >= 11 is 5.39. The van der Waals surface area contributed by atoms with Crippen LogP contribution in [-0.2, 0) is 11.6 Å². The normalized spacial score (nSPS) is 20.3. The van der Waals surface area contributed by atoms with E-state index in [9.17, 15) is 17.6 Å². The van der Waals surface area contributed by atoms with E-state index in [0.29, 0.717) is 25.6 Å². The van der Waals surface area contributed by atoms with Gasteiger partial charge in [-0.15, -0.1) is 0 Å². The Morgan fingerprint density at radius 1 is 1.15 bits per heavy atom. The molecule has 0 spiro atoms. The minimum atomic E-state index is -4.60. The van der Waals surface area contributed by atoms with Crippen LogP contribution >= 0.6 is 12.2 Å². The minimum absolute atomic E-state index is 0.158. The molecule has 0 radical (unpaired) electrons. The second-order valence-corrected chi connectivity index (χ2v) is 9.84. The molecule has 1 saturated heterocycles. The number of nitrogens with zero attached hydrogens (tertiary/aromatic N) is 3. The maximum Gasteiger partial charge on any atom is 0.433 e. The molecule has 5 nitrogen and oxygen atoms in total. The highest BCUT2D eigenvalue weighted by atomic mass is 32.1. The standard InChI is InChI=1S/C24H29F4N5S/c1-16-5-4-12-33(14-16)20-13-19(24(26,27)28)30-21(31-20)32-22(34)29-15-23(10-2-3-11-23)17-6-8-18(25)9-7-17/h6-9,13,16H,2-5,10-12,14-15H2,1H3,(H2,29,30,31,32,34)/t16-/m1/s1. The highest BCUT2D eigenvalue weighted by molar-refractivity contribution is 7.80. The van der Waals surface area contributed by atoms with E-state index in [1.165, 1.54) is 12.1 Å². The zero-order valence-corrected chi connectivity index (χ0v) is 19.9. The van der Waals surface area contributed by atoms with E-state index in [1.54, 1.807) is 12.1 Å². The van der Waals surface area contributed by atoms with Crippen LogP contribution < -0.4 is 15.5 Å². The molecule has 0 unspecified atom stereocenters. The van der Waals surface area contributed by atoms with Gasteiger partial charge in [-0.05, 0) is 61.5 Å². The zero-order valence-electron chi connectivity index (χ0n) is 19.1. The van der Waals surface area contributed by atoms with Gasteiger partial charge >= 0.3 is 6.18 Å². The second kappa shape index (κ2) is 10.0. The molecule has 1 atom stereocenters. The molecule has 2 heterocycles. The summed E-state index contributed by atoms with van der Waals surface area (Å²) in [4.78, 5) is 9.89. The Morgan fingerprint density at radius 2 is 1.85 bits per heavy atom. The van der Waals surface area contributed by atoms with E-state index in [4.69, 9.17) is 12.2 Å². The highest BCUT2D eigenvalue weighted by Crippen LogP contribution is 2.40. The van der Waals surface area contributed by atoms with E-state index >= 15 is 0 Å². The SMILES string of the molecule is C[C@@H]1CCCN(c2cc(C(F)(F)F)nc(NC(=S)NCC3(c4ccc(F)cc4)CCCC3)n2)C1. The molecule has 1 aliphatic carbocycles. The topological polar surface area (TPSA) is 53.1 Å². The molecule has 1 aromatic carbocycles. The van der Waals surface area contributed by atoms with Crippen molar-refractivity contribution >= 4 is 29.1 Å². The van der Waals surface area contributed by atoms with Gasteiger partial charge in [0, 0.05) is 31.1 Å². The third kappa shape index (κ3) is 5.76. The van der Waals surface area contributed by atoms with Crippen molar-refractivity contribution < 1.29 is 17.6 Å². The van der Waals surface area contributed by atoms with Gasteiger partial charge in [0.05, 0.1) is 0 Å². The molecule has 2 aromatic rings. The Morgan fingerprint density at radius 3 is 2.50 bits per heavy atom. The minimum Gasteiger partial charge on any atom is -0.361 e. The smallest absolute Gasteiger partial charge is 0.361 e. The van der Waals surface area contributed by atoms with Crippen molar-refractivity contribution in [1.29, 1.82) is 0 Å². The molecule has 0 bridgehead atoms. The Hall–Kier alpha value is -2.49. The van der Waals surface area contributed by atoms with Crippen molar-refractivity contribution in [2.24, 2.45) is 5.92 Å². The molecule has 0 amide bonds. The number of thiocarbonyl (C=S) groups is 1. The van der Waals surface area contributed by atoms with Crippen molar-refractivity contribution in [3.8, 4) is 0 Å². The Kier molecular flexibility index (Phi) is 7.25. The maximum atomic E-state index is 13.5. The van der Waals surface area contributed by atoms with Gasteiger partial charge in [-0.2, -0.15) is 18.2 Å². The van der Waals surface area contributed by atoms with E-state index in [0.717, 1.165) is 50.2 Å². The third-order valence-electron chi connectivity index (χ3n) is 6.81. The predicted octanol–water partition coefficient (Wildman–Crippen LogP) is 5.67. The lowest BCUT2D eigenvalue weighted by Crippen LogP contribution is -2.41.